The maximum absolute atomic E-state index is 11.9. The number of nitrogens with two attached hydrogens (primary N) is 1. The number of benzene rings is 1. The van der Waals surface area contributed by atoms with Gasteiger partial charge in [0, 0.05) is 24.7 Å². The lowest BCUT2D eigenvalue weighted by Crippen LogP contribution is -2.35. The van der Waals surface area contributed by atoms with E-state index in [4.69, 9.17) is 5.73 Å². The number of hydrogen-bond donors (Lipinski definition) is 2. The Labute approximate surface area is 105 Å². The van der Waals surface area contributed by atoms with E-state index in [0.717, 1.165) is 6.07 Å². The molecule has 18 heavy (non-hydrogen) atoms. The minimum Gasteiger partial charge on any atom is -0.327 e. The predicted octanol–water partition coefficient (Wildman–Crippen LogP) is 0.529. The number of nitrogens with one attached hydrogen (secondary N) is 1. The molecule has 0 bridgehead atoms. The van der Waals surface area contributed by atoms with Crippen LogP contribution in [0.3, 0.4) is 0 Å². The van der Waals surface area contributed by atoms with E-state index < -0.39 is 14.9 Å². The molecular formula is C10H15N3O4S. The maximum Gasteiger partial charge on any atom is 0.270 e. The van der Waals surface area contributed by atoms with Gasteiger partial charge >= 0.3 is 0 Å². The van der Waals surface area contributed by atoms with Crippen molar-refractivity contribution in [3.63, 3.8) is 0 Å². The van der Waals surface area contributed by atoms with Crippen molar-refractivity contribution in [2.75, 3.05) is 6.54 Å². The lowest BCUT2D eigenvalue weighted by Gasteiger charge is -2.10. The largest absolute Gasteiger partial charge is 0.327 e. The Kier molecular flexibility index (Phi) is 4.38. The third kappa shape index (κ3) is 3.49. The molecule has 0 aromatic heterocycles. The average Bonchev–Trinajstić information content (AvgIpc) is 2.26. The van der Waals surface area contributed by atoms with Crippen molar-refractivity contribution in [1.29, 1.82) is 0 Å². The van der Waals surface area contributed by atoms with E-state index in [1.807, 2.05) is 0 Å². The fourth-order valence-electron chi connectivity index (χ4n) is 1.31. The van der Waals surface area contributed by atoms with Crippen molar-refractivity contribution in [2.45, 2.75) is 24.8 Å². The van der Waals surface area contributed by atoms with Crippen LogP contribution in [0.25, 0.3) is 0 Å². The SMILES string of the molecule is Cc1ccc([N+](=O)[O-])cc1S(=O)(=O)NCC(C)N. The summed E-state index contributed by atoms with van der Waals surface area (Å²) < 4.78 is 26.2. The van der Waals surface area contributed by atoms with E-state index >= 15 is 0 Å². The Morgan fingerprint density at radius 3 is 2.61 bits per heavy atom. The average molecular weight is 273 g/mol. The molecule has 7 nitrogen and oxygen atoms in total. The summed E-state index contributed by atoms with van der Waals surface area (Å²) in [6.07, 6.45) is 0. The number of aryl methyl sites for hydroxylation is 1. The minimum atomic E-state index is -3.78. The van der Waals surface area contributed by atoms with E-state index in [1.54, 1.807) is 13.8 Å². The molecule has 1 unspecified atom stereocenters. The molecule has 1 aromatic rings. The second-order valence-corrected chi connectivity index (χ2v) is 5.77. The van der Waals surface area contributed by atoms with Gasteiger partial charge in [0.15, 0.2) is 0 Å². The molecule has 0 saturated heterocycles. The lowest BCUT2D eigenvalue weighted by molar-refractivity contribution is -0.385. The molecule has 0 heterocycles. The highest BCUT2D eigenvalue weighted by Gasteiger charge is 2.20. The first-order chi connectivity index (χ1) is 8.24. The zero-order chi connectivity index (χ0) is 13.9. The van der Waals surface area contributed by atoms with Gasteiger partial charge < -0.3 is 5.73 Å². The first-order valence-electron chi connectivity index (χ1n) is 5.24. The van der Waals surface area contributed by atoms with Crippen molar-refractivity contribution in [2.24, 2.45) is 5.73 Å². The van der Waals surface area contributed by atoms with Crippen LogP contribution in [0.15, 0.2) is 23.1 Å². The molecule has 100 valence electrons. The Hall–Kier alpha value is -1.51. The van der Waals surface area contributed by atoms with E-state index in [0.29, 0.717) is 5.56 Å². The standard InChI is InChI=1S/C10H15N3O4S/c1-7-3-4-9(13(14)15)5-10(7)18(16,17)12-6-8(2)11/h3-5,8,12H,6,11H2,1-2H3. The molecule has 3 N–H and O–H groups in total. The van der Waals surface area contributed by atoms with Gasteiger partial charge in [-0.3, -0.25) is 10.1 Å². The van der Waals surface area contributed by atoms with Gasteiger partial charge in [0.1, 0.15) is 0 Å². The highest BCUT2D eigenvalue weighted by atomic mass is 32.2. The van der Waals surface area contributed by atoms with Gasteiger partial charge in [-0.05, 0) is 19.4 Å². The van der Waals surface area contributed by atoms with Crippen molar-refractivity contribution in [1.82, 2.24) is 4.72 Å². The quantitative estimate of drug-likeness (QED) is 0.599. The van der Waals surface area contributed by atoms with Crippen LogP contribution in [0.4, 0.5) is 5.69 Å². The highest BCUT2D eigenvalue weighted by Crippen LogP contribution is 2.21. The molecular weight excluding hydrogens is 258 g/mol. The number of sulfonamides is 1. The molecule has 0 aliphatic carbocycles. The third-order valence-corrected chi connectivity index (χ3v) is 3.83. The zero-order valence-electron chi connectivity index (χ0n) is 10.1. The summed E-state index contributed by atoms with van der Waals surface area (Å²) in [5.41, 5.74) is 5.64. The second kappa shape index (κ2) is 5.42. The summed E-state index contributed by atoms with van der Waals surface area (Å²) in [6.45, 7) is 3.30. The van der Waals surface area contributed by atoms with Crippen LogP contribution in [0, 0.1) is 17.0 Å². The van der Waals surface area contributed by atoms with Crippen LogP contribution < -0.4 is 10.5 Å². The van der Waals surface area contributed by atoms with Gasteiger partial charge in [-0.25, -0.2) is 13.1 Å². The molecule has 1 atom stereocenters. The molecule has 0 aliphatic rings. The topological polar surface area (TPSA) is 115 Å². The number of nitro groups is 1. The van der Waals surface area contributed by atoms with Crippen LogP contribution >= 0.6 is 0 Å². The summed E-state index contributed by atoms with van der Waals surface area (Å²) in [5, 5.41) is 10.6. The Morgan fingerprint density at radius 1 is 1.50 bits per heavy atom. The normalized spacial score (nSPS) is 13.3. The fourth-order valence-corrected chi connectivity index (χ4v) is 2.72. The van der Waals surface area contributed by atoms with Crippen LogP contribution in [0.1, 0.15) is 12.5 Å². The lowest BCUT2D eigenvalue weighted by atomic mass is 10.2. The van der Waals surface area contributed by atoms with Gasteiger partial charge in [0.2, 0.25) is 10.0 Å². The fraction of sp³-hybridized carbons (Fsp3) is 0.400. The van der Waals surface area contributed by atoms with Gasteiger partial charge in [-0.1, -0.05) is 6.07 Å². The summed E-state index contributed by atoms with van der Waals surface area (Å²) in [6, 6.07) is 3.37. The van der Waals surface area contributed by atoms with Gasteiger partial charge in [-0.15, -0.1) is 0 Å². The van der Waals surface area contributed by atoms with E-state index in [9.17, 15) is 18.5 Å². The predicted molar refractivity (Wildman–Crippen MR) is 66.7 cm³/mol. The van der Waals surface area contributed by atoms with Gasteiger partial charge in [0.25, 0.3) is 5.69 Å². The molecule has 0 radical (unpaired) electrons. The van der Waals surface area contributed by atoms with E-state index in [2.05, 4.69) is 4.72 Å². The molecule has 0 fully saturated rings. The molecule has 1 rings (SSSR count). The molecule has 0 spiro atoms. The Bertz CT molecular complexity index is 554. The Morgan fingerprint density at radius 2 is 2.11 bits per heavy atom. The monoisotopic (exact) mass is 273 g/mol. The van der Waals surface area contributed by atoms with Crippen molar-refractivity contribution < 1.29 is 13.3 Å². The van der Waals surface area contributed by atoms with Gasteiger partial charge in [-0.2, -0.15) is 0 Å². The zero-order valence-corrected chi connectivity index (χ0v) is 10.9. The van der Waals surface area contributed by atoms with Crippen LogP contribution in [-0.2, 0) is 10.0 Å². The van der Waals surface area contributed by atoms with Crippen molar-refractivity contribution >= 4 is 15.7 Å². The number of nitrogens with zero attached hydrogens (tertiary/aromatic N) is 1. The summed E-state index contributed by atoms with van der Waals surface area (Å²) in [7, 11) is -3.78. The molecule has 8 heteroatoms. The van der Waals surface area contributed by atoms with Crippen LogP contribution in [-0.4, -0.2) is 25.9 Å². The van der Waals surface area contributed by atoms with Crippen LogP contribution in [0.5, 0.6) is 0 Å². The minimum absolute atomic E-state index is 0.0739. The van der Waals surface area contributed by atoms with Crippen molar-refractivity contribution in [3.8, 4) is 0 Å². The maximum atomic E-state index is 11.9. The molecule has 0 saturated carbocycles. The molecule has 0 amide bonds. The summed E-state index contributed by atoms with van der Waals surface area (Å²) in [5.74, 6) is 0. The number of non-ortho nitro benzene ring substituents is 1. The number of rotatable bonds is 5. The number of nitro benzene ring substituents is 1. The van der Waals surface area contributed by atoms with Gasteiger partial charge in [0.05, 0.1) is 9.82 Å². The van der Waals surface area contributed by atoms with E-state index in [1.165, 1.54) is 12.1 Å². The highest BCUT2D eigenvalue weighted by molar-refractivity contribution is 7.89. The Balaban J connectivity index is 3.15. The van der Waals surface area contributed by atoms with Crippen LogP contribution in [0.2, 0.25) is 0 Å². The number of hydrogen-bond acceptors (Lipinski definition) is 5. The van der Waals surface area contributed by atoms with E-state index in [-0.39, 0.29) is 23.2 Å². The summed E-state index contributed by atoms with van der Waals surface area (Å²) >= 11 is 0. The third-order valence-electron chi connectivity index (χ3n) is 2.27. The van der Waals surface area contributed by atoms with Crippen molar-refractivity contribution in [3.05, 3.63) is 33.9 Å². The summed E-state index contributed by atoms with van der Waals surface area (Å²) in [4.78, 5) is 9.89. The molecule has 1 aromatic carbocycles. The first-order valence-corrected chi connectivity index (χ1v) is 6.72. The smallest absolute Gasteiger partial charge is 0.270 e. The first kappa shape index (κ1) is 14.6. The molecule has 0 aliphatic heterocycles. The second-order valence-electron chi connectivity index (χ2n) is 4.04.